The molecule has 1 radical (unpaired) electrons. The zero-order valence-corrected chi connectivity index (χ0v) is 6.30. The van der Waals surface area contributed by atoms with Crippen molar-refractivity contribution in [2.75, 3.05) is 0 Å². The molecule has 2 heteroatoms. The predicted molar refractivity (Wildman–Crippen MR) is 40.3 cm³/mol. The number of rotatable bonds is 4. The van der Waals surface area contributed by atoms with Crippen molar-refractivity contribution in [3.63, 3.8) is 0 Å². The van der Waals surface area contributed by atoms with Crippen LogP contribution in [0.25, 0.3) is 0 Å². The van der Waals surface area contributed by atoms with E-state index >= 15 is 0 Å². The first-order valence-electron chi connectivity index (χ1n) is 3.33. The van der Waals surface area contributed by atoms with Gasteiger partial charge in [-0.2, -0.15) is 0 Å². The van der Waals surface area contributed by atoms with E-state index in [2.05, 4.69) is 13.5 Å². The molecule has 0 bridgehead atoms. The average molecular weight is 141 g/mol. The molecule has 0 aliphatic carbocycles. The molecule has 0 aliphatic rings. The summed E-state index contributed by atoms with van der Waals surface area (Å²) in [7, 11) is 0. The Hall–Kier alpha value is -0.790. The topological polar surface area (TPSA) is 26.3 Å². The van der Waals surface area contributed by atoms with Crippen LogP contribution < -0.4 is 0 Å². The Labute approximate surface area is 61.9 Å². The SMILES string of the molecule is [CH2]CCC(C)OC(=O)C=C. The summed E-state index contributed by atoms with van der Waals surface area (Å²) < 4.78 is 4.84. The maximum atomic E-state index is 10.5. The van der Waals surface area contributed by atoms with E-state index in [1.165, 1.54) is 6.08 Å². The van der Waals surface area contributed by atoms with Crippen molar-refractivity contribution in [1.82, 2.24) is 0 Å². The van der Waals surface area contributed by atoms with Crippen molar-refractivity contribution in [2.24, 2.45) is 0 Å². The fourth-order valence-electron chi connectivity index (χ4n) is 0.593. The van der Waals surface area contributed by atoms with Crippen LogP contribution in [0.15, 0.2) is 12.7 Å². The lowest BCUT2D eigenvalue weighted by atomic mass is 10.2. The summed E-state index contributed by atoms with van der Waals surface area (Å²) in [5, 5.41) is 0. The molecule has 0 saturated carbocycles. The first kappa shape index (κ1) is 9.21. The molecule has 0 aliphatic heterocycles. The van der Waals surface area contributed by atoms with E-state index in [0.717, 1.165) is 12.8 Å². The minimum Gasteiger partial charge on any atom is -0.460 e. The van der Waals surface area contributed by atoms with Crippen molar-refractivity contribution >= 4 is 5.97 Å². The molecule has 0 aromatic carbocycles. The van der Waals surface area contributed by atoms with Gasteiger partial charge in [-0.3, -0.25) is 0 Å². The molecular formula is C8H13O2. The van der Waals surface area contributed by atoms with E-state index in [9.17, 15) is 4.79 Å². The van der Waals surface area contributed by atoms with E-state index in [1.807, 2.05) is 6.92 Å². The molecule has 0 heterocycles. The average Bonchev–Trinajstić information content (AvgIpc) is 1.88. The van der Waals surface area contributed by atoms with Gasteiger partial charge in [0.25, 0.3) is 0 Å². The Morgan fingerprint density at radius 2 is 2.40 bits per heavy atom. The Kier molecular flexibility index (Phi) is 4.63. The molecular weight excluding hydrogens is 128 g/mol. The summed E-state index contributed by atoms with van der Waals surface area (Å²) in [4.78, 5) is 10.5. The Bertz CT molecular complexity index is 118. The second kappa shape index (κ2) is 5.03. The lowest BCUT2D eigenvalue weighted by Crippen LogP contribution is -2.11. The van der Waals surface area contributed by atoms with Gasteiger partial charge in [-0.25, -0.2) is 4.79 Å². The van der Waals surface area contributed by atoms with Crippen molar-refractivity contribution in [2.45, 2.75) is 25.9 Å². The lowest BCUT2D eigenvalue weighted by molar-refractivity contribution is -0.142. The highest BCUT2D eigenvalue weighted by atomic mass is 16.5. The van der Waals surface area contributed by atoms with Gasteiger partial charge < -0.3 is 4.74 Å². The van der Waals surface area contributed by atoms with Crippen molar-refractivity contribution in [1.29, 1.82) is 0 Å². The third-order valence-electron chi connectivity index (χ3n) is 1.09. The summed E-state index contributed by atoms with van der Waals surface area (Å²) in [6, 6.07) is 0. The van der Waals surface area contributed by atoms with Crippen LogP contribution in [-0.2, 0) is 9.53 Å². The number of esters is 1. The zero-order chi connectivity index (χ0) is 7.98. The minimum absolute atomic E-state index is 0.0389. The quantitative estimate of drug-likeness (QED) is 0.440. The molecule has 0 aromatic heterocycles. The maximum absolute atomic E-state index is 10.5. The number of carbonyl (C=O) groups excluding carboxylic acids is 1. The van der Waals surface area contributed by atoms with Gasteiger partial charge in [-0.1, -0.05) is 13.5 Å². The van der Waals surface area contributed by atoms with Crippen LogP contribution in [0, 0.1) is 6.92 Å². The van der Waals surface area contributed by atoms with Crippen LogP contribution in [0.2, 0.25) is 0 Å². The van der Waals surface area contributed by atoms with Gasteiger partial charge in [0.2, 0.25) is 0 Å². The first-order chi connectivity index (χ1) is 4.70. The molecule has 1 unspecified atom stereocenters. The zero-order valence-electron chi connectivity index (χ0n) is 6.30. The maximum Gasteiger partial charge on any atom is 0.330 e. The third-order valence-corrected chi connectivity index (χ3v) is 1.09. The fourth-order valence-corrected chi connectivity index (χ4v) is 0.593. The van der Waals surface area contributed by atoms with Crippen LogP contribution in [0.1, 0.15) is 19.8 Å². The summed E-state index contributed by atoms with van der Waals surface area (Å²) in [5.41, 5.74) is 0. The van der Waals surface area contributed by atoms with Crippen molar-refractivity contribution < 1.29 is 9.53 Å². The van der Waals surface area contributed by atoms with Crippen molar-refractivity contribution in [3.05, 3.63) is 19.6 Å². The summed E-state index contributed by atoms with van der Waals surface area (Å²) >= 11 is 0. The molecule has 0 spiro atoms. The summed E-state index contributed by atoms with van der Waals surface area (Å²) in [6.45, 7) is 8.77. The van der Waals surface area contributed by atoms with E-state index in [4.69, 9.17) is 4.74 Å². The Balaban J connectivity index is 3.46. The number of carbonyl (C=O) groups is 1. The number of hydrogen-bond acceptors (Lipinski definition) is 2. The smallest absolute Gasteiger partial charge is 0.330 e. The monoisotopic (exact) mass is 141 g/mol. The highest BCUT2D eigenvalue weighted by Crippen LogP contribution is 2.00. The van der Waals surface area contributed by atoms with Crippen LogP contribution in [0.3, 0.4) is 0 Å². The molecule has 2 nitrogen and oxygen atoms in total. The predicted octanol–water partition coefficient (Wildman–Crippen LogP) is 1.72. The molecule has 0 amide bonds. The number of ether oxygens (including phenoxy) is 1. The second-order valence-electron chi connectivity index (χ2n) is 2.09. The van der Waals surface area contributed by atoms with Crippen LogP contribution >= 0.6 is 0 Å². The van der Waals surface area contributed by atoms with Gasteiger partial charge in [-0.15, -0.1) is 0 Å². The van der Waals surface area contributed by atoms with Crippen molar-refractivity contribution in [3.8, 4) is 0 Å². The molecule has 0 rings (SSSR count). The van der Waals surface area contributed by atoms with E-state index in [1.54, 1.807) is 0 Å². The molecule has 57 valence electrons. The summed E-state index contributed by atoms with van der Waals surface area (Å²) in [5.74, 6) is -0.360. The normalized spacial score (nSPS) is 12.2. The highest BCUT2D eigenvalue weighted by Gasteiger charge is 2.03. The Morgan fingerprint density at radius 3 is 2.80 bits per heavy atom. The minimum atomic E-state index is -0.360. The Morgan fingerprint density at radius 1 is 1.80 bits per heavy atom. The van der Waals surface area contributed by atoms with Gasteiger partial charge in [0.1, 0.15) is 0 Å². The van der Waals surface area contributed by atoms with Crippen LogP contribution in [-0.4, -0.2) is 12.1 Å². The van der Waals surface area contributed by atoms with Gasteiger partial charge in [0, 0.05) is 6.08 Å². The van der Waals surface area contributed by atoms with Crippen LogP contribution in [0.4, 0.5) is 0 Å². The second-order valence-corrected chi connectivity index (χ2v) is 2.09. The first-order valence-corrected chi connectivity index (χ1v) is 3.33. The van der Waals surface area contributed by atoms with Gasteiger partial charge >= 0.3 is 5.97 Å². The molecule has 0 fully saturated rings. The highest BCUT2D eigenvalue weighted by molar-refractivity contribution is 5.81. The summed E-state index contributed by atoms with van der Waals surface area (Å²) in [6.07, 6.45) is 2.72. The van der Waals surface area contributed by atoms with Gasteiger partial charge in [0.05, 0.1) is 6.10 Å². The molecule has 0 aromatic rings. The van der Waals surface area contributed by atoms with Gasteiger partial charge in [-0.05, 0) is 19.8 Å². The standard InChI is InChI=1S/C8H13O2/c1-4-6-7(3)10-8(9)5-2/h5,7H,1-2,4,6H2,3H3. The molecule has 0 N–H and O–H groups in total. The van der Waals surface area contributed by atoms with Crippen LogP contribution in [0.5, 0.6) is 0 Å². The van der Waals surface area contributed by atoms with E-state index in [0.29, 0.717) is 0 Å². The molecule has 1 atom stereocenters. The largest absolute Gasteiger partial charge is 0.460 e. The fraction of sp³-hybridized carbons (Fsp3) is 0.500. The number of hydrogen-bond donors (Lipinski definition) is 0. The molecule has 10 heavy (non-hydrogen) atoms. The lowest BCUT2D eigenvalue weighted by Gasteiger charge is -2.08. The van der Waals surface area contributed by atoms with E-state index in [-0.39, 0.29) is 12.1 Å². The molecule has 0 saturated heterocycles. The third kappa shape index (κ3) is 4.13. The van der Waals surface area contributed by atoms with Gasteiger partial charge in [0.15, 0.2) is 0 Å². The van der Waals surface area contributed by atoms with E-state index < -0.39 is 0 Å².